The van der Waals surface area contributed by atoms with Crippen molar-refractivity contribution in [2.24, 2.45) is 0 Å². The third-order valence-corrected chi connectivity index (χ3v) is 10.3. The lowest BCUT2D eigenvalue weighted by molar-refractivity contribution is 1.25. The number of nitrogens with zero attached hydrogens (tertiary/aromatic N) is 2. The number of hydrogen-bond donors (Lipinski definition) is 0. The molecule has 0 amide bonds. The summed E-state index contributed by atoms with van der Waals surface area (Å²) in [6.07, 6.45) is 0. The maximum atomic E-state index is 5.38. The Morgan fingerprint density at radius 2 is 0.826 bits per heavy atom. The lowest BCUT2D eigenvalue weighted by Crippen LogP contribution is -1.99. The minimum absolute atomic E-state index is 0.965. The van der Waals surface area contributed by atoms with Gasteiger partial charge in [-0.2, -0.15) is 0 Å². The molecule has 0 N–H and O–H groups in total. The van der Waals surface area contributed by atoms with Crippen molar-refractivity contribution >= 4 is 54.1 Å². The molecule has 0 fully saturated rings. The molecule has 0 aliphatic rings. The molecule has 0 atom stereocenters. The van der Waals surface area contributed by atoms with Gasteiger partial charge in [-0.05, 0) is 93.4 Å². The first-order valence-corrected chi connectivity index (χ1v) is 16.0. The summed E-state index contributed by atoms with van der Waals surface area (Å²) in [4.78, 5) is 10.7. The summed E-state index contributed by atoms with van der Waals surface area (Å²) < 4.78 is 0. The highest BCUT2D eigenvalue weighted by atomic mass is 14.8. The van der Waals surface area contributed by atoms with Crippen molar-refractivity contribution in [2.45, 2.75) is 27.7 Å². The second-order valence-corrected chi connectivity index (χ2v) is 12.7. The molecule has 0 bridgehead atoms. The summed E-state index contributed by atoms with van der Waals surface area (Å²) in [5, 5.41) is 10.2. The van der Waals surface area contributed by atoms with Crippen molar-refractivity contribution in [2.75, 3.05) is 0 Å². The summed E-state index contributed by atoms with van der Waals surface area (Å²) in [7, 11) is 0. The van der Waals surface area contributed by atoms with E-state index in [1.807, 2.05) is 0 Å². The summed E-state index contributed by atoms with van der Waals surface area (Å²) in [5.74, 6) is 0. The molecule has 2 aromatic heterocycles. The Kier molecular flexibility index (Phi) is 5.79. The van der Waals surface area contributed by atoms with Crippen molar-refractivity contribution in [1.82, 2.24) is 9.97 Å². The predicted octanol–water partition coefficient (Wildman–Crippen LogP) is 11.9. The van der Waals surface area contributed by atoms with Crippen molar-refractivity contribution < 1.29 is 0 Å². The number of aryl methyl sites for hydroxylation is 2. The van der Waals surface area contributed by atoms with Crippen LogP contribution < -0.4 is 0 Å². The van der Waals surface area contributed by atoms with Gasteiger partial charge in [-0.15, -0.1) is 0 Å². The minimum Gasteiger partial charge on any atom is -0.245 e. The van der Waals surface area contributed by atoms with Gasteiger partial charge in [-0.25, -0.2) is 9.97 Å². The fourth-order valence-electron chi connectivity index (χ4n) is 7.51. The number of hydrogen-bond acceptors (Lipinski definition) is 2. The van der Waals surface area contributed by atoms with Crippen LogP contribution in [0.4, 0.5) is 0 Å². The van der Waals surface area contributed by atoms with E-state index in [0.29, 0.717) is 0 Å². The fraction of sp³-hybridized carbons (Fsp3) is 0.0909. The first kappa shape index (κ1) is 26.8. The molecule has 9 aromatic rings. The second-order valence-electron chi connectivity index (χ2n) is 12.7. The molecule has 7 aromatic carbocycles. The Morgan fingerprint density at radius 1 is 0.348 bits per heavy atom. The van der Waals surface area contributed by atoms with Gasteiger partial charge >= 0.3 is 0 Å². The number of rotatable bonds is 3. The van der Waals surface area contributed by atoms with Crippen molar-refractivity contribution in [3.05, 3.63) is 144 Å². The molecular formula is C44H32N2. The zero-order valence-electron chi connectivity index (χ0n) is 26.4. The van der Waals surface area contributed by atoms with Gasteiger partial charge in [-0.3, -0.25) is 0 Å². The Balaban J connectivity index is 1.21. The monoisotopic (exact) mass is 588 g/mol. The second kappa shape index (κ2) is 9.95. The molecule has 0 aliphatic heterocycles. The largest absolute Gasteiger partial charge is 0.245 e. The quantitative estimate of drug-likeness (QED) is 0.192. The Morgan fingerprint density at radius 3 is 1.43 bits per heavy atom. The number of pyridine rings is 2. The third kappa shape index (κ3) is 3.83. The highest BCUT2D eigenvalue weighted by molar-refractivity contribution is 6.25. The zero-order chi connectivity index (χ0) is 31.1. The van der Waals surface area contributed by atoms with Crippen LogP contribution in [-0.4, -0.2) is 9.97 Å². The maximum Gasteiger partial charge on any atom is 0.0975 e. The van der Waals surface area contributed by atoms with E-state index >= 15 is 0 Å². The van der Waals surface area contributed by atoms with E-state index in [2.05, 4.69) is 149 Å². The Bertz CT molecular complexity index is 2630. The van der Waals surface area contributed by atoms with E-state index in [1.165, 1.54) is 65.7 Å². The van der Waals surface area contributed by atoms with Crippen LogP contribution in [0, 0.1) is 27.7 Å². The minimum atomic E-state index is 0.965. The lowest BCUT2D eigenvalue weighted by atomic mass is 9.89. The molecule has 0 saturated carbocycles. The van der Waals surface area contributed by atoms with Gasteiger partial charge in [-0.1, -0.05) is 121 Å². The van der Waals surface area contributed by atoms with Crippen LogP contribution in [0.1, 0.15) is 22.3 Å². The van der Waals surface area contributed by atoms with Gasteiger partial charge < -0.3 is 0 Å². The summed E-state index contributed by atoms with van der Waals surface area (Å²) in [6, 6.07) is 44.1. The molecule has 0 aliphatic carbocycles. The molecule has 46 heavy (non-hydrogen) atoms. The van der Waals surface area contributed by atoms with Gasteiger partial charge in [0.2, 0.25) is 0 Å². The number of aromatic nitrogens is 2. The van der Waals surface area contributed by atoms with Gasteiger partial charge in [0.05, 0.1) is 22.4 Å². The highest BCUT2D eigenvalue weighted by Gasteiger charge is 2.18. The average molecular weight is 589 g/mol. The molecule has 0 spiro atoms. The van der Waals surface area contributed by atoms with Gasteiger partial charge in [0.1, 0.15) is 0 Å². The summed E-state index contributed by atoms with van der Waals surface area (Å²) >= 11 is 0. The lowest BCUT2D eigenvalue weighted by Gasteiger charge is -2.17. The molecule has 2 nitrogen and oxygen atoms in total. The van der Waals surface area contributed by atoms with Crippen LogP contribution in [0.2, 0.25) is 0 Å². The van der Waals surface area contributed by atoms with Crippen LogP contribution in [0.5, 0.6) is 0 Å². The predicted molar refractivity (Wildman–Crippen MR) is 196 cm³/mol. The summed E-state index contributed by atoms with van der Waals surface area (Å²) in [5.41, 5.74) is 13.6. The van der Waals surface area contributed by atoms with Crippen LogP contribution >= 0.6 is 0 Å². The van der Waals surface area contributed by atoms with E-state index in [9.17, 15) is 0 Å². The molecular weight excluding hydrogens is 556 g/mol. The van der Waals surface area contributed by atoms with Crippen LogP contribution in [-0.2, 0) is 0 Å². The molecule has 0 radical (unpaired) electrons. The molecule has 2 heterocycles. The molecule has 218 valence electrons. The zero-order valence-corrected chi connectivity index (χ0v) is 26.4. The van der Waals surface area contributed by atoms with Crippen molar-refractivity contribution in [3.8, 4) is 33.6 Å². The summed E-state index contributed by atoms with van der Waals surface area (Å²) in [6.45, 7) is 8.79. The third-order valence-electron chi connectivity index (χ3n) is 10.3. The van der Waals surface area contributed by atoms with E-state index in [0.717, 1.165) is 44.3 Å². The van der Waals surface area contributed by atoms with E-state index in [4.69, 9.17) is 9.97 Å². The molecule has 0 unspecified atom stereocenters. The van der Waals surface area contributed by atoms with Crippen LogP contribution in [0.3, 0.4) is 0 Å². The first-order chi connectivity index (χ1) is 22.5. The Labute approximate surface area is 268 Å². The highest BCUT2D eigenvalue weighted by Crippen LogP contribution is 2.40. The van der Waals surface area contributed by atoms with Crippen molar-refractivity contribution in [1.29, 1.82) is 0 Å². The van der Waals surface area contributed by atoms with E-state index < -0.39 is 0 Å². The molecule has 9 rings (SSSR count). The average Bonchev–Trinajstić information content (AvgIpc) is 3.10. The van der Waals surface area contributed by atoms with Gasteiger partial charge in [0.15, 0.2) is 0 Å². The van der Waals surface area contributed by atoms with E-state index in [1.54, 1.807) is 0 Å². The normalized spacial score (nSPS) is 11.9. The van der Waals surface area contributed by atoms with Crippen LogP contribution in [0.15, 0.2) is 121 Å². The topological polar surface area (TPSA) is 25.8 Å². The Hall–Kier alpha value is -5.60. The fourth-order valence-corrected chi connectivity index (χ4v) is 7.51. The maximum absolute atomic E-state index is 5.38. The SMILES string of the molecule is Cc1c(-c2ccccc2)nc2c(ccc3c(C)c(C)c(-c4ccc(-c5ccc6ccc7cccc8ccc5c6c78)cc4)nc32)c1C. The first-order valence-electron chi connectivity index (χ1n) is 16.0. The smallest absolute Gasteiger partial charge is 0.0975 e. The number of benzene rings is 7. The van der Waals surface area contributed by atoms with Crippen molar-refractivity contribution in [3.63, 3.8) is 0 Å². The van der Waals surface area contributed by atoms with Gasteiger partial charge in [0, 0.05) is 21.9 Å². The van der Waals surface area contributed by atoms with Gasteiger partial charge in [0.25, 0.3) is 0 Å². The van der Waals surface area contributed by atoms with Crippen LogP contribution in [0.25, 0.3) is 87.8 Å². The number of fused-ring (bicyclic) bond motifs is 3. The molecule has 2 heteroatoms. The molecule has 0 saturated heterocycles. The standard InChI is InChI=1S/C44H32N2/c1-25-27(3)41(33-9-6-5-7-10-33)45-43-35(25)23-24-36-26(2)28(4)42(46-44(36)43)34-17-13-29(14-18-34)37-21-19-32-16-15-30-11-8-12-31-20-22-38(37)40(32)39(30)31/h5-24H,1-4H3. The van der Waals surface area contributed by atoms with E-state index in [-0.39, 0.29) is 0 Å².